The van der Waals surface area contributed by atoms with Gasteiger partial charge in [0.05, 0.1) is 5.02 Å². The molecule has 0 fully saturated rings. The van der Waals surface area contributed by atoms with Gasteiger partial charge in [0.15, 0.2) is 0 Å². The average molecular weight is 191 g/mol. The topological polar surface area (TPSA) is 37.3 Å². The SMILES string of the molecule is CCc1sc(C(=O)O)cc1Cl. The molecule has 0 aliphatic heterocycles. The van der Waals surface area contributed by atoms with E-state index in [1.807, 2.05) is 6.92 Å². The van der Waals surface area contributed by atoms with E-state index in [-0.39, 0.29) is 0 Å². The molecule has 0 saturated carbocycles. The van der Waals surface area contributed by atoms with E-state index in [1.165, 1.54) is 17.4 Å². The molecule has 0 atom stereocenters. The Morgan fingerprint density at radius 2 is 2.45 bits per heavy atom. The molecule has 4 heteroatoms. The molecule has 0 spiro atoms. The number of hydrogen-bond donors (Lipinski definition) is 1. The van der Waals surface area contributed by atoms with Crippen LogP contribution in [0.5, 0.6) is 0 Å². The van der Waals surface area contributed by atoms with Crippen LogP contribution in [-0.4, -0.2) is 11.1 Å². The van der Waals surface area contributed by atoms with Crippen molar-refractivity contribution in [2.45, 2.75) is 13.3 Å². The van der Waals surface area contributed by atoms with Crippen LogP contribution in [0.3, 0.4) is 0 Å². The van der Waals surface area contributed by atoms with Crippen LogP contribution in [0.25, 0.3) is 0 Å². The number of thiophene rings is 1. The molecule has 0 saturated heterocycles. The summed E-state index contributed by atoms with van der Waals surface area (Å²) in [6.07, 6.45) is 0.788. The number of halogens is 1. The summed E-state index contributed by atoms with van der Waals surface area (Å²) in [5, 5.41) is 9.13. The standard InChI is InChI=1S/C7H7ClO2S/c1-2-5-4(8)3-6(11-5)7(9)10/h3H,2H2,1H3,(H,9,10). The Morgan fingerprint density at radius 3 is 2.73 bits per heavy atom. The van der Waals surface area contributed by atoms with Gasteiger partial charge >= 0.3 is 5.97 Å². The molecule has 0 radical (unpaired) electrons. The van der Waals surface area contributed by atoms with Gasteiger partial charge in [-0.25, -0.2) is 4.79 Å². The van der Waals surface area contributed by atoms with Gasteiger partial charge in [-0.2, -0.15) is 0 Å². The maximum atomic E-state index is 10.4. The Bertz CT molecular complexity index is 280. The molecule has 1 rings (SSSR count). The predicted molar refractivity (Wildman–Crippen MR) is 45.7 cm³/mol. The molecular weight excluding hydrogens is 184 g/mol. The Labute approximate surface area is 73.4 Å². The monoisotopic (exact) mass is 190 g/mol. The molecule has 11 heavy (non-hydrogen) atoms. The van der Waals surface area contributed by atoms with Gasteiger partial charge < -0.3 is 5.11 Å². The summed E-state index contributed by atoms with van der Waals surface area (Å²) in [4.78, 5) is 11.7. The van der Waals surface area contributed by atoms with E-state index >= 15 is 0 Å². The van der Waals surface area contributed by atoms with E-state index in [0.717, 1.165) is 11.3 Å². The molecule has 0 aliphatic rings. The van der Waals surface area contributed by atoms with Crippen molar-refractivity contribution in [1.29, 1.82) is 0 Å². The van der Waals surface area contributed by atoms with Gasteiger partial charge in [-0.05, 0) is 12.5 Å². The molecule has 1 N–H and O–H groups in total. The van der Waals surface area contributed by atoms with Crippen molar-refractivity contribution in [1.82, 2.24) is 0 Å². The van der Waals surface area contributed by atoms with Crippen LogP contribution in [0.4, 0.5) is 0 Å². The highest BCUT2D eigenvalue weighted by Gasteiger charge is 2.10. The van der Waals surface area contributed by atoms with Crippen molar-refractivity contribution in [3.05, 3.63) is 20.8 Å². The Kier molecular flexibility index (Phi) is 2.52. The predicted octanol–water partition coefficient (Wildman–Crippen LogP) is 2.66. The highest BCUT2D eigenvalue weighted by molar-refractivity contribution is 7.14. The van der Waals surface area contributed by atoms with E-state index in [2.05, 4.69) is 0 Å². The summed E-state index contributed by atoms with van der Waals surface area (Å²) >= 11 is 6.97. The van der Waals surface area contributed by atoms with Gasteiger partial charge in [0.25, 0.3) is 0 Å². The lowest BCUT2D eigenvalue weighted by Crippen LogP contribution is -1.89. The summed E-state index contributed by atoms with van der Waals surface area (Å²) in [5.41, 5.74) is 0. The third-order valence-electron chi connectivity index (χ3n) is 1.29. The number of aryl methyl sites for hydroxylation is 1. The number of aromatic carboxylic acids is 1. The minimum Gasteiger partial charge on any atom is -0.477 e. The summed E-state index contributed by atoms with van der Waals surface area (Å²) in [5.74, 6) is -0.906. The van der Waals surface area contributed by atoms with Crippen molar-refractivity contribution in [2.75, 3.05) is 0 Å². The van der Waals surface area contributed by atoms with E-state index in [9.17, 15) is 4.79 Å². The Hall–Kier alpha value is -0.540. The molecule has 2 nitrogen and oxygen atoms in total. The third-order valence-corrected chi connectivity index (χ3v) is 3.01. The molecule has 0 unspecified atom stereocenters. The van der Waals surface area contributed by atoms with Crippen LogP contribution in [-0.2, 0) is 6.42 Å². The fourth-order valence-electron chi connectivity index (χ4n) is 0.753. The fourth-order valence-corrected chi connectivity index (χ4v) is 2.01. The van der Waals surface area contributed by atoms with Crippen molar-refractivity contribution in [3.8, 4) is 0 Å². The minimum absolute atomic E-state index is 0.312. The molecule has 0 aliphatic carbocycles. The zero-order valence-corrected chi connectivity index (χ0v) is 7.50. The summed E-state index contributed by atoms with van der Waals surface area (Å²) in [6.45, 7) is 1.95. The number of carboxylic acids is 1. The minimum atomic E-state index is -0.906. The van der Waals surface area contributed by atoms with Crippen LogP contribution >= 0.6 is 22.9 Å². The fraction of sp³-hybridized carbons (Fsp3) is 0.286. The first-order valence-corrected chi connectivity index (χ1v) is 4.36. The van der Waals surface area contributed by atoms with Crippen LogP contribution < -0.4 is 0 Å². The van der Waals surface area contributed by atoms with E-state index in [1.54, 1.807) is 0 Å². The maximum Gasteiger partial charge on any atom is 0.345 e. The molecule has 1 heterocycles. The van der Waals surface area contributed by atoms with Crippen molar-refractivity contribution >= 4 is 28.9 Å². The molecule has 60 valence electrons. The zero-order valence-electron chi connectivity index (χ0n) is 5.93. The summed E-state index contributed by atoms with van der Waals surface area (Å²) in [6, 6.07) is 1.49. The first-order chi connectivity index (χ1) is 5.15. The second-order valence-corrected chi connectivity index (χ2v) is 3.58. The number of rotatable bonds is 2. The Balaban J connectivity index is 3.05. The second kappa shape index (κ2) is 3.24. The van der Waals surface area contributed by atoms with Crippen molar-refractivity contribution in [2.24, 2.45) is 0 Å². The molecule has 0 aromatic carbocycles. The van der Waals surface area contributed by atoms with E-state index in [0.29, 0.717) is 9.90 Å². The lowest BCUT2D eigenvalue weighted by atomic mass is 10.3. The zero-order chi connectivity index (χ0) is 8.43. The first-order valence-electron chi connectivity index (χ1n) is 3.16. The normalized spacial score (nSPS) is 10.0. The third kappa shape index (κ3) is 1.73. The molecule has 0 bridgehead atoms. The lowest BCUT2D eigenvalue weighted by Gasteiger charge is -1.85. The summed E-state index contributed by atoms with van der Waals surface area (Å²) < 4.78 is 0. The van der Waals surface area contributed by atoms with E-state index in [4.69, 9.17) is 16.7 Å². The smallest absolute Gasteiger partial charge is 0.345 e. The van der Waals surface area contributed by atoms with Crippen molar-refractivity contribution in [3.63, 3.8) is 0 Å². The van der Waals surface area contributed by atoms with Gasteiger partial charge in [0.1, 0.15) is 4.88 Å². The van der Waals surface area contributed by atoms with Gasteiger partial charge in [-0.3, -0.25) is 0 Å². The molecule has 1 aromatic rings. The largest absolute Gasteiger partial charge is 0.477 e. The van der Waals surface area contributed by atoms with Crippen LogP contribution in [0.1, 0.15) is 21.5 Å². The molecule has 0 amide bonds. The summed E-state index contributed by atoms with van der Waals surface area (Å²) in [7, 11) is 0. The van der Waals surface area contributed by atoms with Crippen LogP contribution in [0.2, 0.25) is 5.02 Å². The average Bonchev–Trinajstić information content (AvgIpc) is 2.31. The quantitative estimate of drug-likeness (QED) is 0.779. The second-order valence-electron chi connectivity index (χ2n) is 2.04. The number of carboxylic acid groups (broad SMARTS) is 1. The van der Waals surface area contributed by atoms with Gasteiger partial charge in [0.2, 0.25) is 0 Å². The van der Waals surface area contributed by atoms with Gasteiger partial charge in [-0.15, -0.1) is 11.3 Å². The molecular formula is C7H7ClO2S. The van der Waals surface area contributed by atoms with Crippen molar-refractivity contribution < 1.29 is 9.90 Å². The number of hydrogen-bond acceptors (Lipinski definition) is 2. The lowest BCUT2D eigenvalue weighted by molar-refractivity contribution is 0.0702. The van der Waals surface area contributed by atoms with Crippen LogP contribution in [0.15, 0.2) is 6.07 Å². The number of carbonyl (C=O) groups is 1. The maximum absolute atomic E-state index is 10.4. The highest BCUT2D eigenvalue weighted by Crippen LogP contribution is 2.27. The Morgan fingerprint density at radius 1 is 1.82 bits per heavy atom. The van der Waals surface area contributed by atoms with Crippen LogP contribution in [0, 0.1) is 0 Å². The van der Waals surface area contributed by atoms with Gasteiger partial charge in [-0.1, -0.05) is 18.5 Å². The highest BCUT2D eigenvalue weighted by atomic mass is 35.5. The molecule has 1 aromatic heterocycles. The first kappa shape index (κ1) is 8.56. The van der Waals surface area contributed by atoms with Gasteiger partial charge in [0, 0.05) is 4.88 Å². The van der Waals surface area contributed by atoms with E-state index < -0.39 is 5.97 Å².